The second kappa shape index (κ2) is 5.92. The molecule has 0 radical (unpaired) electrons. The Morgan fingerprint density at radius 1 is 1.35 bits per heavy atom. The van der Waals surface area contributed by atoms with Gasteiger partial charge in [-0.25, -0.2) is 13.1 Å². The van der Waals surface area contributed by atoms with Gasteiger partial charge in [0, 0.05) is 5.54 Å². The number of hydrogen-bond donors (Lipinski definition) is 2. The highest BCUT2D eigenvalue weighted by atomic mass is 32.2. The average molecular weight is 293 g/mol. The van der Waals surface area contributed by atoms with E-state index in [1.165, 1.54) is 0 Å². The van der Waals surface area contributed by atoms with Gasteiger partial charge in [-0.05, 0) is 44.5 Å². The van der Waals surface area contributed by atoms with E-state index in [0.29, 0.717) is 11.1 Å². The Bertz CT molecular complexity index is 614. The molecule has 0 aromatic heterocycles. The maximum Gasteiger partial charge on any atom is 0.216 e. The molecule has 1 aromatic carbocycles. The highest BCUT2D eigenvalue weighted by molar-refractivity contribution is 7.88. The lowest BCUT2D eigenvalue weighted by molar-refractivity contribution is 0.308. The van der Waals surface area contributed by atoms with Crippen molar-refractivity contribution in [2.75, 3.05) is 13.1 Å². The third-order valence-electron chi connectivity index (χ3n) is 3.59. The molecule has 1 saturated heterocycles. The summed E-state index contributed by atoms with van der Waals surface area (Å²) >= 11 is 0. The molecule has 2 N–H and O–H groups in total. The van der Waals surface area contributed by atoms with Crippen molar-refractivity contribution in [3.63, 3.8) is 0 Å². The number of sulfonamides is 1. The molecule has 0 atom stereocenters. The van der Waals surface area contributed by atoms with E-state index in [2.05, 4.69) is 10.0 Å². The lowest BCUT2D eigenvalue weighted by Gasteiger charge is -2.34. The Morgan fingerprint density at radius 2 is 2.00 bits per heavy atom. The fourth-order valence-electron chi connectivity index (χ4n) is 2.45. The van der Waals surface area contributed by atoms with Crippen LogP contribution in [-0.4, -0.2) is 27.0 Å². The molecule has 108 valence electrons. The number of rotatable bonds is 4. The van der Waals surface area contributed by atoms with Gasteiger partial charge in [-0.3, -0.25) is 0 Å². The van der Waals surface area contributed by atoms with E-state index in [1.807, 2.05) is 13.0 Å². The number of nitrogens with one attached hydrogen (secondary N) is 2. The summed E-state index contributed by atoms with van der Waals surface area (Å²) in [7, 11) is -3.45. The van der Waals surface area contributed by atoms with Crippen molar-refractivity contribution in [3.8, 4) is 6.07 Å². The minimum absolute atomic E-state index is 0.153. The lowest BCUT2D eigenvalue weighted by atomic mass is 9.92. The monoisotopic (exact) mass is 293 g/mol. The molecule has 0 saturated carbocycles. The molecule has 2 rings (SSSR count). The second-order valence-electron chi connectivity index (χ2n) is 5.44. The van der Waals surface area contributed by atoms with E-state index >= 15 is 0 Å². The van der Waals surface area contributed by atoms with Gasteiger partial charge in [0.05, 0.1) is 17.4 Å². The van der Waals surface area contributed by atoms with Crippen LogP contribution in [0.15, 0.2) is 24.3 Å². The van der Waals surface area contributed by atoms with Gasteiger partial charge in [-0.1, -0.05) is 18.2 Å². The molecule has 1 fully saturated rings. The average Bonchev–Trinajstić information content (AvgIpc) is 2.38. The summed E-state index contributed by atoms with van der Waals surface area (Å²) in [5.74, 6) is -0.153. The van der Waals surface area contributed by atoms with E-state index in [9.17, 15) is 8.42 Å². The third-order valence-corrected chi connectivity index (χ3v) is 5.09. The molecule has 0 spiro atoms. The van der Waals surface area contributed by atoms with Gasteiger partial charge < -0.3 is 5.32 Å². The Morgan fingerprint density at radius 3 is 2.65 bits per heavy atom. The van der Waals surface area contributed by atoms with E-state index in [1.54, 1.807) is 24.3 Å². The summed E-state index contributed by atoms with van der Waals surface area (Å²) < 4.78 is 27.4. The molecule has 0 amide bonds. The molecule has 0 unspecified atom stereocenters. The van der Waals surface area contributed by atoms with Crippen LogP contribution >= 0.6 is 0 Å². The molecule has 5 nitrogen and oxygen atoms in total. The summed E-state index contributed by atoms with van der Waals surface area (Å²) in [6.45, 7) is 3.56. The highest BCUT2D eigenvalue weighted by Gasteiger charge is 2.31. The van der Waals surface area contributed by atoms with Crippen molar-refractivity contribution < 1.29 is 8.42 Å². The zero-order valence-corrected chi connectivity index (χ0v) is 12.3. The first-order chi connectivity index (χ1) is 9.44. The van der Waals surface area contributed by atoms with Crippen molar-refractivity contribution in [2.24, 2.45) is 0 Å². The van der Waals surface area contributed by atoms with Gasteiger partial charge in [-0.2, -0.15) is 5.26 Å². The molecule has 1 aliphatic rings. The fourth-order valence-corrected chi connectivity index (χ4v) is 4.14. The lowest BCUT2D eigenvalue weighted by Crippen LogP contribution is -2.52. The summed E-state index contributed by atoms with van der Waals surface area (Å²) in [5.41, 5.74) is 0.555. The van der Waals surface area contributed by atoms with Gasteiger partial charge in [0.15, 0.2) is 0 Å². The number of benzene rings is 1. The Balaban J connectivity index is 2.13. The van der Waals surface area contributed by atoms with Crippen molar-refractivity contribution in [1.29, 1.82) is 5.26 Å². The first kappa shape index (κ1) is 15.0. The number of piperidine rings is 1. The van der Waals surface area contributed by atoms with Crippen LogP contribution < -0.4 is 10.0 Å². The van der Waals surface area contributed by atoms with E-state index < -0.39 is 15.6 Å². The van der Waals surface area contributed by atoms with E-state index in [0.717, 1.165) is 25.9 Å². The third kappa shape index (κ3) is 3.79. The first-order valence-corrected chi connectivity index (χ1v) is 8.30. The van der Waals surface area contributed by atoms with Gasteiger partial charge in [0.2, 0.25) is 10.0 Å². The van der Waals surface area contributed by atoms with E-state index in [4.69, 9.17) is 5.26 Å². The maximum atomic E-state index is 12.3. The number of nitrogens with zero attached hydrogens (tertiary/aromatic N) is 1. The van der Waals surface area contributed by atoms with Crippen LogP contribution in [-0.2, 0) is 15.8 Å². The summed E-state index contributed by atoms with van der Waals surface area (Å²) in [6, 6.07) is 8.83. The smallest absolute Gasteiger partial charge is 0.216 e. The van der Waals surface area contributed by atoms with Gasteiger partial charge in [0.25, 0.3) is 0 Å². The summed E-state index contributed by atoms with van der Waals surface area (Å²) in [6.07, 6.45) is 1.54. The molecule has 1 heterocycles. The summed E-state index contributed by atoms with van der Waals surface area (Å²) in [5, 5.41) is 12.2. The van der Waals surface area contributed by atoms with Gasteiger partial charge >= 0.3 is 0 Å². The van der Waals surface area contributed by atoms with Crippen LogP contribution in [0.5, 0.6) is 0 Å². The largest absolute Gasteiger partial charge is 0.317 e. The molecule has 0 aliphatic carbocycles. The SMILES string of the molecule is CC1(NS(=O)(=O)Cc2ccccc2C#N)CCNCC1. The van der Waals surface area contributed by atoms with Crippen molar-refractivity contribution in [3.05, 3.63) is 35.4 Å². The molecule has 0 bridgehead atoms. The molecule has 6 heteroatoms. The zero-order valence-electron chi connectivity index (χ0n) is 11.5. The minimum Gasteiger partial charge on any atom is -0.317 e. The molecule has 1 aliphatic heterocycles. The van der Waals surface area contributed by atoms with Crippen molar-refractivity contribution >= 4 is 10.0 Å². The normalized spacial score (nSPS) is 18.4. The summed E-state index contributed by atoms with van der Waals surface area (Å²) in [4.78, 5) is 0. The minimum atomic E-state index is -3.45. The second-order valence-corrected chi connectivity index (χ2v) is 7.16. The molecule has 1 aromatic rings. The van der Waals surface area contributed by atoms with Crippen molar-refractivity contribution in [2.45, 2.75) is 31.1 Å². The van der Waals surface area contributed by atoms with Gasteiger partial charge in [-0.15, -0.1) is 0 Å². The molecular formula is C14H19N3O2S. The fraction of sp³-hybridized carbons (Fsp3) is 0.500. The number of nitriles is 1. The molecule has 20 heavy (non-hydrogen) atoms. The number of hydrogen-bond acceptors (Lipinski definition) is 4. The standard InChI is InChI=1S/C14H19N3O2S/c1-14(6-8-16-9-7-14)17-20(18,19)11-13-5-3-2-4-12(13)10-15/h2-5,16-17H,6-9,11H2,1H3. The van der Waals surface area contributed by atoms with Crippen LogP contribution in [0.3, 0.4) is 0 Å². The Labute approximate surface area is 120 Å². The van der Waals surface area contributed by atoms with Crippen LogP contribution in [0.2, 0.25) is 0 Å². The van der Waals surface area contributed by atoms with Crippen molar-refractivity contribution in [1.82, 2.24) is 10.0 Å². The van der Waals surface area contributed by atoms with Crippen LogP contribution in [0.4, 0.5) is 0 Å². The first-order valence-electron chi connectivity index (χ1n) is 6.64. The van der Waals surface area contributed by atoms with Crippen LogP contribution in [0, 0.1) is 11.3 Å². The topological polar surface area (TPSA) is 82.0 Å². The van der Waals surface area contributed by atoms with Crippen LogP contribution in [0.25, 0.3) is 0 Å². The predicted molar refractivity (Wildman–Crippen MR) is 77.4 cm³/mol. The van der Waals surface area contributed by atoms with E-state index in [-0.39, 0.29) is 5.75 Å². The molecular weight excluding hydrogens is 274 g/mol. The van der Waals surface area contributed by atoms with Crippen LogP contribution in [0.1, 0.15) is 30.9 Å². The Hall–Kier alpha value is -1.42. The maximum absolute atomic E-state index is 12.3. The predicted octanol–water partition coefficient (Wildman–Crippen LogP) is 1.12. The zero-order chi connectivity index (χ0) is 14.6. The Kier molecular flexibility index (Phi) is 4.43. The van der Waals surface area contributed by atoms with Gasteiger partial charge in [0.1, 0.15) is 0 Å². The highest BCUT2D eigenvalue weighted by Crippen LogP contribution is 2.20. The quantitative estimate of drug-likeness (QED) is 0.871.